The number of nitrogens with one attached hydrogen (secondary N) is 1. The summed E-state index contributed by atoms with van der Waals surface area (Å²) >= 11 is 0. The van der Waals surface area contributed by atoms with Crippen LogP contribution in [0.4, 0.5) is 0 Å². The van der Waals surface area contributed by atoms with Crippen molar-refractivity contribution in [2.24, 2.45) is 11.7 Å². The van der Waals surface area contributed by atoms with Gasteiger partial charge in [0, 0.05) is 13.1 Å². The molecule has 0 radical (unpaired) electrons. The molecule has 1 aromatic rings. The first kappa shape index (κ1) is 19.1. The van der Waals surface area contributed by atoms with Crippen molar-refractivity contribution in [3.05, 3.63) is 23.3 Å². The first-order valence-electron chi connectivity index (χ1n) is 8.42. The number of hydrogen-bond acceptors (Lipinski definition) is 5. The molecule has 1 heterocycles. The van der Waals surface area contributed by atoms with Crippen LogP contribution in [0.2, 0.25) is 0 Å². The average molecular weight is 349 g/mol. The van der Waals surface area contributed by atoms with Gasteiger partial charge in [-0.05, 0) is 35.6 Å². The maximum atomic E-state index is 12.4. The van der Waals surface area contributed by atoms with E-state index in [1.165, 1.54) is 0 Å². The average Bonchev–Trinajstić information content (AvgIpc) is 2.63. The Bertz CT molecular complexity index is 645. The molecular formula is C18H27N3O4. The van der Waals surface area contributed by atoms with Crippen LogP contribution in [0.5, 0.6) is 11.5 Å². The topological polar surface area (TPSA) is 93.9 Å². The van der Waals surface area contributed by atoms with Crippen molar-refractivity contribution in [1.29, 1.82) is 0 Å². The van der Waals surface area contributed by atoms with Gasteiger partial charge in [-0.1, -0.05) is 13.8 Å². The Morgan fingerprint density at radius 3 is 2.36 bits per heavy atom. The highest BCUT2D eigenvalue weighted by molar-refractivity contribution is 5.87. The van der Waals surface area contributed by atoms with Gasteiger partial charge in [0.25, 0.3) is 0 Å². The van der Waals surface area contributed by atoms with Crippen LogP contribution in [-0.2, 0) is 22.6 Å². The Kier molecular flexibility index (Phi) is 6.25. The Labute approximate surface area is 148 Å². The highest BCUT2D eigenvalue weighted by Gasteiger charge is 2.24. The highest BCUT2D eigenvalue weighted by atomic mass is 16.5. The van der Waals surface area contributed by atoms with Crippen molar-refractivity contribution in [2.75, 3.05) is 27.3 Å². The van der Waals surface area contributed by atoms with Crippen LogP contribution in [0.1, 0.15) is 25.0 Å². The molecule has 0 spiro atoms. The lowest BCUT2D eigenvalue weighted by Gasteiger charge is -2.30. The summed E-state index contributed by atoms with van der Waals surface area (Å²) in [5.74, 6) is 0.944. The number of nitrogens with zero attached hydrogens (tertiary/aromatic N) is 1. The maximum absolute atomic E-state index is 12.4. The number of rotatable bonds is 6. The third-order valence-corrected chi connectivity index (χ3v) is 4.51. The van der Waals surface area contributed by atoms with Crippen molar-refractivity contribution in [3.8, 4) is 11.5 Å². The van der Waals surface area contributed by atoms with Crippen LogP contribution in [0, 0.1) is 5.92 Å². The minimum absolute atomic E-state index is 0.0272. The van der Waals surface area contributed by atoms with E-state index in [1.54, 1.807) is 19.1 Å². The predicted molar refractivity (Wildman–Crippen MR) is 94.5 cm³/mol. The fourth-order valence-corrected chi connectivity index (χ4v) is 2.79. The lowest BCUT2D eigenvalue weighted by Crippen LogP contribution is -2.48. The van der Waals surface area contributed by atoms with E-state index in [0.29, 0.717) is 24.6 Å². The Morgan fingerprint density at radius 2 is 1.80 bits per heavy atom. The molecule has 1 aliphatic heterocycles. The monoisotopic (exact) mass is 349 g/mol. The number of nitrogens with two attached hydrogens (primary N) is 1. The molecule has 0 fully saturated rings. The number of carbonyl (C=O) groups excluding carboxylic acids is 2. The highest BCUT2D eigenvalue weighted by Crippen LogP contribution is 2.33. The zero-order valence-corrected chi connectivity index (χ0v) is 15.3. The minimum Gasteiger partial charge on any atom is -0.493 e. The molecule has 0 unspecified atom stereocenters. The number of ether oxygens (including phenoxy) is 2. The molecule has 0 bridgehead atoms. The quantitative estimate of drug-likeness (QED) is 0.788. The number of methoxy groups -OCH3 is 2. The second-order valence-electron chi connectivity index (χ2n) is 6.53. The van der Waals surface area contributed by atoms with E-state index in [9.17, 15) is 9.59 Å². The second kappa shape index (κ2) is 8.20. The molecular weight excluding hydrogens is 322 g/mol. The van der Waals surface area contributed by atoms with Crippen LogP contribution in [0.25, 0.3) is 0 Å². The molecule has 0 saturated carbocycles. The molecule has 0 aromatic heterocycles. The van der Waals surface area contributed by atoms with E-state index in [1.807, 2.05) is 26.0 Å². The molecule has 7 nitrogen and oxygen atoms in total. The number of hydrogen-bond donors (Lipinski definition) is 2. The van der Waals surface area contributed by atoms with E-state index >= 15 is 0 Å². The van der Waals surface area contributed by atoms with E-state index in [-0.39, 0.29) is 24.3 Å². The van der Waals surface area contributed by atoms with E-state index in [4.69, 9.17) is 15.2 Å². The predicted octanol–water partition coefficient (Wildman–Crippen LogP) is 0.688. The molecule has 25 heavy (non-hydrogen) atoms. The SMILES string of the molecule is COc1cc2c(cc1OC)CN(C(=O)CNC(=O)[C@@H](N)C(C)C)CC2. The van der Waals surface area contributed by atoms with Crippen molar-refractivity contribution >= 4 is 11.8 Å². The third-order valence-electron chi connectivity index (χ3n) is 4.51. The second-order valence-corrected chi connectivity index (χ2v) is 6.53. The number of benzene rings is 1. The fourth-order valence-electron chi connectivity index (χ4n) is 2.79. The largest absolute Gasteiger partial charge is 0.493 e. The Balaban J connectivity index is 2.00. The number of amides is 2. The van der Waals surface area contributed by atoms with Gasteiger partial charge in [-0.2, -0.15) is 0 Å². The standard InChI is InChI=1S/C18H27N3O4/c1-11(2)17(19)18(23)20-9-16(22)21-6-5-12-7-14(24-3)15(25-4)8-13(12)10-21/h7-8,11,17H,5-6,9-10,19H2,1-4H3,(H,20,23)/t17-/m0/s1. The summed E-state index contributed by atoms with van der Waals surface area (Å²) in [4.78, 5) is 26.0. The van der Waals surface area contributed by atoms with Crippen LogP contribution in [0.3, 0.4) is 0 Å². The van der Waals surface area contributed by atoms with Gasteiger partial charge >= 0.3 is 0 Å². The lowest BCUT2D eigenvalue weighted by molar-refractivity contribution is -0.134. The van der Waals surface area contributed by atoms with Crippen LogP contribution >= 0.6 is 0 Å². The van der Waals surface area contributed by atoms with Gasteiger partial charge in [-0.15, -0.1) is 0 Å². The summed E-state index contributed by atoms with van der Waals surface area (Å²) in [6, 6.07) is 3.26. The summed E-state index contributed by atoms with van der Waals surface area (Å²) in [6.07, 6.45) is 0.737. The van der Waals surface area contributed by atoms with Gasteiger partial charge in [0.1, 0.15) is 0 Å². The molecule has 1 atom stereocenters. The minimum atomic E-state index is -0.605. The van der Waals surface area contributed by atoms with Crippen molar-refractivity contribution < 1.29 is 19.1 Å². The van der Waals surface area contributed by atoms with Gasteiger partial charge in [-0.3, -0.25) is 9.59 Å². The molecule has 0 saturated heterocycles. The molecule has 138 valence electrons. The van der Waals surface area contributed by atoms with Crippen LogP contribution in [-0.4, -0.2) is 50.1 Å². The molecule has 2 amide bonds. The third kappa shape index (κ3) is 4.42. The van der Waals surface area contributed by atoms with Gasteiger partial charge in [0.05, 0.1) is 26.8 Å². The molecule has 0 aliphatic carbocycles. The summed E-state index contributed by atoms with van der Waals surface area (Å²) in [7, 11) is 3.19. The van der Waals surface area contributed by atoms with Gasteiger partial charge in [0.2, 0.25) is 11.8 Å². The van der Waals surface area contributed by atoms with Crippen molar-refractivity contribution in [3.63, 3.8) is 0 Å². The molecule has 7 heteroatoms. The Morgan fingerprint density at radius 1 is 1.20 bits per heavy atom. The van der Waals surface area contributed by atoms with Crippen molar-refractivity contribution in [2.45, 2.75) is 32.9 Å². The number of carbonyl (C=O) groups is 2. The first-order valence-corrected chi connectivity index (χ1v) is 8.42. The summed E-state index contributed by atoms with van der Waals surface area (Å²) in [6.45, 7) is 4.79. The van der Waals surface area contributed by atoms with E-state index < -0.39 is 6.04 Å². The summed E-state index contributed by atoms with van der Waals surface area (Å²) < 4.78 is 10.6. The first-order chi connectivity index (χ1) is 11.9. The van der Waals surface area contributed by atoms with Crippen LogP contribution < -0.4 is 20.5 Å². The lowest BCUT2D eigenvalue weighted by atomic mass is 9.98. The normalized spacial score (nSPS) is 14.7. The van der Waals surface area contributed by atoms with E-state index in [0.717, 1.165) is 17.5 Å². The Hall–Kier alpha value is -2.28. The van der Waals surface area contributed by atoms with Gasteiger partial charge in [-0.25, -0.2) is 0 Å². The van der Waals surface area contributed by atoms with Gasteiger partial charge < -0.3 is 25.4 Å². The smallest absolute Gasteiger partial charge is 0.242 e. The van der Waals surface area contributed by atoms with Crippen molar-refractivity contribution in [1.82, 2.24) is 10.2 Å². The molecule has 1 aromatic carbocycles. The van der Waals surface area contributed by atoms with E-state index in [2.05, 4.69) is 5.32 Å². The molecule has 3 N–H and O–H groups in total. The maximum Gasteiger partial charge on any atom is 0.242 e. The zero-order chi connectivity index (χ0) is 18.6. The number of fused-ring (bicyclic) bond motifs is 1. The fraction of sp³-hybridized carbons (Fsp3) is 0.556. The molecule has 2 rings (SSSR count). The summed E-state index contributed by atoms with van der Waals surface area (Å²) in [5.41, 5.74) is 7.96. The van der Waals surface area contributed by atoms with Crippen LogP contribution in [0.15, 0.2) is 12.1 Å². The zero-order valence-electron chi connectivity index (χ0n) is 15.3. The summed E-state index contributed by atoms with van der Waals surface area (Å²) in [5, 5.41) is 2.63. The van der Waals surface area contributed by atoms with Gasteiger partial charge in [0.15, 0.2) is 11.5 Å². The molecule has 1 aliphatic rings.